The molecule has 0 saturated heterocycles. The zero-order valence-corrected chi connectivity index (χ0v) is 10.3. The normalized spacial score (nSPS) is 10.8. The molecule has 0 unspecified atom stereocenters. The maximum Gasteiger partial charge on any atom is 0.305 e. The lowest BCUT2D eigenvalue weighted by molar-refractivity contribution is -0.143. The second kappa shape index (κ2) is 11.6. The molecule has 0 amide bonds. The number of esters is 1. The summed E-state index contributed by atoms with van der Waals surface area (Å²) in [5.41, 5.74) is 1.57. The smallest absolute Gasteiger partial charge is 0.305 e. The zero-order chi connectivity index (χ0) is 11.4. The number of hydrogen-bond acceptors (Lipinski definition) is 2. The lowest BCUT2D eigenvalue weighted by Crippen LogP contribution is -2.03. The van der Waals surface area contributed by atoms with Gasteiger partial charge >= 0.3 is 5.97 Å². The van der Waals surface area contributed by atoms with Gasteiger partial charge < -0.3 is 4.74 Å². The first-order chi connectivity index (χ1) is 7.31. The van der Waals surface area contributed by atoms with Crippen LogP contribution in [0.15, 0.2) is 11.6 Å². The van der Waals surface area contributed by atoms with Crippen LogP contribution in [0.5, 0.6) is 0 Å². The van der Waals surface area contributed by atoms with E-state index in [2.05, 4.69) is 0 Å². The van der Waals surface area contributed by atoms with E-state index < -0.39 is 0 Å². The molecule has 0 fully saturated rings. The average Bonchev–Trinajstić information content (AvgIpc) is 2.22. The minimum Gasteiger partial charge on any atom is -0.466 e. The molecule has 0 aromatic carbocycles. The summed E-state index contributed by atoms with van der Waals surface area (Å²) in [7, 11) is 0. The number of carbonyl (C=O) groups is 1. The van der Waals surface area contributed by atoms with Crippen LogP contribution in [-0.2, 0) is 9.53 Å². The van der Waals surface area contributed by atoms with Crippen molar-refractivity contribution >= 4 is 17.6 Å². The van der Waals surface area contributed by atoms with Gasteiger partial charge in [0, 0.05) is 12.0 Å². The quantitative estimate of drug-likeness (QED) is 0.443. The summed E-state index contributed by atoms with van der Waals surface area (Å²) in [5.74, 6) is -0.0671. The van der Waals surface area contributed by atoms with Crippen LogP contribution in [0.25, 0.3) is 0 Å². The third-order valence-electron chi connectivity index (χ3n) is 2.15. The van der Waals surface area contributed by atoms with E-state index in [1.165, 1.54) is 19.3 Å². The van der Waals surface area contributed by atoms with Crippen LogP contribution in [0.3, 0.4) is 0 Å². The molecule has 0 heterocycles. The van der Waals surface area contributed by atoms with Gasteiger partial charge in [-0.05, 0) is 26.2 Å². The van der Waals surface area contributed by atoms with E-state index in [9.17, 15) is 4.79 Å². The Kier molecular flexibility index (Phi) is 11.2. The maximum absolute atomic E-state index is 11.0. The summed E-state index contributed by atoms with van der Waals surface area (Å²) in [6.45, 7) is 2.33. The van der Waals surface area contributed by atoms with E-state index in [1.54, 1.807) is 5.54 Å². The van der Waals surface area contributed by atoms with Crippen molar-refractivity contribution in [1.29, 1.82) is 0 Å². The summed E-state index contributed by atoms with van der Waals surface area (Å²) < 4.78 is 4.84. The van der Waals surface area contributed by atoms with Gasteiger partial charge in [0.25, 0.3) is 0 Å². The highest BCUT2D eigenvalue weighted by Crippen LogP contribution is 2.08. The predicted octanol–water partition coefficient (Wildman–Crippen LogP) is 4.03. The molecule has 0 bridgehead atoms. The van der Waals surface area contributed by atoms with Crippen LogP contribution in [0.2, 0.25) is 0 Å². The van der Waals surface area contributed by atoms with E-state index in [-0.39, 0.29) is 5.97 Å². The zero-order valence-electron chi connectivity index (χ0n) is 9.51. The van der Waals surface area contributed by atoms with E-state index in [1.807, 2.05) is 13.0 Å². The van der Waals surface area contributed by atoms with Crippen molar-refractivity contribution in [3.05, 3.63) is 11.6 Å². The van der Waals surface area contributed by atoms with E-state index in [0.717, 1.165) is 19.3 Å². The summed E-state index contributed by atoms with van der Waals surface area (Å²) in [6.07, 6.45) is 9.24. The molecule has 0 spiro atoms. The highest BCUT2D eigenvalue weighted by molar-refractivity contribution is 6.25. The Hall–Kier alpha value is -0.500. The van der Waals surface area contributed by atoms with Crippen LogP contribution >= 0.6 is 11.6 Å². The standard InChI is InChI=1S/C12H21ClO2/c1-2-15-12(14)10-8-6-4-3-5-7-9-11-13/h9,11H,2-8,10H2,1H3. The largest absolute Gasteiger partial charge is 0.466 e. The Morgan fingerprint density at radius 3 is 2.53 bits per heavy atom. The molecule has 0 saturated carbocycles. The number of allylic oxidation sites excluding steroid dienone is 1. The number of carbonyl (C=O) groups excluding carboxylic acids is 1. The summed E-state index contributed by atoms with van der Waals surface area (Å²) >= 11 is 5.40. The van der Waals surface area contributed by atoms with Crippen LogP contribution < -0.4 is 0 Å². The van der Waals surface area contributed by atoms with Gasteiger partial charge in [-0.1, -0.05) is 36.9 Å². The van der Waals surface area contributed by atoms with Crippen molar-refractivity contribution in [3.8, 4) is 0 Å². The highest BCUT2D eigenvalue weighted by atomic mass is 35.5. The van der Waals surface area contributed by atoms with Crippen molar-refractivity contribution in [2.75, 3.05) is 6.61 Å². The lowest BCUT2D eigenvalue weighted by Gasteiger charge is -2.01. The molecule has 0 atom stereocenters. The van der Waals surface area contributed by atoms with E-state index in [0.29, 0.717) is 13.0 Å². The Morgan fingerprint density at radius 1 is 1.20 bits per heavy atom. The highest BCUT2D eigenvalue weighted by Gasteiger charge is 1.99. The molecule has 0 aliphatic carbocycles. The van der Waals surface area contributed by atoms with Gasteiger partial charge in [-0.3, -0.25) is 4.79 Å². The maximum atomic E-state index is 11.0. The van der Waals surface area contributed by atoms with Gasteiger partial charge in [0.15, 0.2) is 0 Å². The molecule has 3 heteroatoms. The monoisotopic (exact) mass is 232 g/mol. The first-order valence-corrected chi connectivity index (χ1v) is 6.15. The average molecular weight is 233 g/mol. The molecule has 15 heavy (non-hydrogen) atoms. The van der Waals surface area contributed by atoms with Crippen LogP contribution in [0, 0.1) is 0 Å². The summed E-state index contributed by atoms with van der Waals surface area (Å²) in [6, 6.07) is 0. The summed E-state index contributed by atoms with van der Waals surface area (Å²) in [5, 5.41) is 0. The molecule has 0 radical (unpaired) electrons. The van der Waals surface area contributed by atoms with Crippen molar-refractivity contribution < 1.29 is 9.53 Å². The third kappa shape index (κ3) is 11.4. The van der Waals surface area contributed by atoms with Gasteiger partial charge in [0.1, 0.15) is 0 Å². The van der Waals surface area contributed by atoms with Crippen LogP contribution in [0.1, 0.15) is 51.9 Å². The predicted molar refractivity (Wildman–Crippen MR) is 63.9 cm³/mol. The van der Waals surface area contributed by atoms with Gasteiger partial charge in [0.2, 0.25) is 0 Å². The molecule has 0 aromatic heterocycles. The number of ether oxygens (including phenoxy) is 1. The molecule has 0 aliphatic heterocycles. The second-order valence-corrected chi connectivity index (χ2v) is 3.73. The van der Waals surface area contributed by atoms with E-state index in [4.69, 9.17) is 16.3 Å². The van der Waals surface area contributed by atoms with Gasteiger partial charge in [-0.15, -0.1) is 0 Å². The minimum atomic E-state index is -0.0671. The van der Waals surface area contributed by atoms with Crippen molar-refractivity contribution in [1.82, 2.24) is 0 Å². The topological polar surface area (TPSA) is 26.3 Å². The molecule has 0 aromatic rings. The fraction of sp³-hybridized carbons (Fsp3) is 0.750. The van der Waals surface area contributed by atoms with Gasteiger partial charge in [0.05, 0.1) is 6.61 Å². The Labute approximate surface area is 97.6 Å². The first-order valence-electron chi connectivity index (χ1n) is 5.72. The Balaban J connectivity index is 3.07. The van der Waals surface area contributed by atoms with Gasteiger partial charge in [-0.2, -0.15) is 0 Å². The molecule has 2 nitrogen and oxygen atoms in total. The summed E-state index contributed by atoms with van der Waals surface area (Å²) in [4.78, 5) is 11.0. The number of halogens is 1. The molecular formula is C12H21ClO2. The third-order valence-corrected chi connectivity index (χ3v) is 2.32. The molecule has 0 aliphatic rings. The molecule has 0 N–H and O–H groups in total. The Bertz CT molecular complexity index is 178. The van der Waals surface area contributed by atoms with Crippen molar-refractivity contribution in [3.63, 3.8) is 0 Å². The first kappa shape index (κ1) is 14.5. The van der Waals surface area contributed by atoms with Crippen LogP contribution in [0.4, 0.5) is 0 Å². The van der Waals surface area contributed by atoms with E-state index >= 15 is 0 Å². The van der Waals surface area contributed by atoms with Gasteiger partial charge in [-0.25, -0.2) is 0 Å². The van der Waals surface area contributed by atoms with Crippen molar-refractivity contribution in [2.45, 2.75) is 51.9 Å². The molecular weight excluding hydrogens is 212 g/mol. The SMILES string of the molecule is CCOC(=O)CCCCCCCC=CCl. The molecule has 0 rings (SSSR count). The lowest BCUT2D eigenvalue weighted by atomic mass is 10.1. The number of unbranched alkanes of at least 4 members (excludes halogenated alkanes) is 5. The number of rotatable bonds is 9. The van der Waals surface area contributed by atoms with Crippen molar-refractivity contribution in [2.24, 2.45) is 0 Å². The Morgan fingerprint density at radius 2 is 1.87 bits per heavy atom. The number of hydrogen-bond donors (Lipinski definition) is 0. The fourth-order valence-corrected chi connectivity index (χ4v) is 1.48. The fourth-order valence-electron chi connectivity index (χ4n) is 1.36. The van der Waals surface area contributed by atoms with Crippen LogP contribution in [-0.4, -0.2) is 12.6 Å². The second-order valence-electron chi connectivity index (χ2n) is 3.47. The molecule has 88 valence electrons. The minimum absolute atomic E-state index is 0.0671.